The lowest BCUT2D eigenvalue weighted by molar-refractivity contribution is -0.152. The van der Waals surface area contributed by atoms with Crippen molar-refractivity contribution in [3.8, 4) is 0 Å². The Morgan fingerprint density at radius 3 is 2.32 bits per heavy atom. The second-order valence-electron chi connectivity index (χ2n) is 7.35. The standard InChI is InChI=1S/C17H28O2/c1-12(2)16(18)19-17(3,4)8-7-15-10-13-5-6-14(9-13)11-15/h13-15H,1,5-11H2,2-4H3. The minimum absolute atomic E-state index is 0.256. The first kappa shape index (κ1) is 14.6. The van der Waals surface area contributed by atoms with Gasteiger partial charge >= 0.3 is 5.97 Å². The maximum Gasteiger partial charge on any atom is 0.333 e. The van der Waals surface area contributed by atoms with Gasteiger partial charge in [0.15, 0.2) is 0 Å². The molecule has 2 bridgehead atoms. The Labute approximate surface area is 117 Å². The molecule has 0 aliphatic heterocycles. The quantitative estimate of drug-likeness (QED) is 0.540. The molecule has 0 radical (unpaired) electrons. The Hall–Kier alpha value is -0.790. The van der Waals surface area contributed by atoms with Crippen molar-refractivity contribution >= 4 is 5.97 Å². The highest BCUT2D eigenvalue weighted by atomic mass is 16.6. The molecule has 0 spiro atoms. The van der Waals surface area contributed by atoms with E-state index in [1.807, 2.05) is 13.8 Å². The van der Waals surface area contributed by atoms with Crippen LogP contribution in [0.1, 0.15) is 65.7 Å². The lowest BCUT2D eigenvalue weighted by Gasteiger charge is -2.31. The van der Waals surface area contributed by atoms with E-state index in [0.29, 0.717) is 5.57 Å². The van der Waals surface area contributed by atoms with Crippen molar-refractivity contribution in [2.24, 2.45) is 17.8 Å². The highest BCUT2D eigenvalue weighted by molar-refractivity contribution is 5.87. The van der Waals surface area contributed by atoms with E-state index in [0.717, 1.165) is 24.2 Å². The molecule has 2 fully saturated rings. The Bertz CT molecular complexity index is 344. The summed E-state index contributed by atoms with van der Waals surface area (Å²) in [4.78, 5) is 11.6. The molecule has 2 rings (SSSR count). The number of carbonyl (C=O) groups excluding carboxylic acids is 1. The van der Waals surface area contributed by atoms with Gasteiger partial charge < -0.3 is 4.74 Å². The number of hydrogen-bond donors (Lipinski definition) is 0. The first-order valence-electron chi connectivity index (χ1n) is 7.74. The summed E-state index contributed by atoms with van der Waals surface area (Å²) in [7, 11) is 0. The van der Waals surface area contributed by atoms with Crippen LogP contribution in [0.15, 0.2) is 12.2 Å². The van der Waals surface area contributed by atoms with E-state index in [4.69, 9.17) is 4.74 Å². The molecule has 2 aliphatic rings. The summed E-state index contributed by atoms with van der Waals surface area (Å²) in [5.74, 6) is 2.58. The molecular weight excluding hydrogens is 236 g/mol. The Morgan fingerprint density at radius 2 is 1.79 bits per heavy atom. The number of fused-ring (bicyclic) bond motifs is 2. The average molecular weight is 264 g/mol. The third-order valence-corrected chi connectivity index (χ3v) is 4.86. The fourth-order valence-electron chi connectivity index (χ4n) is 3.82. The summed E-state index contributed by atoms with van der Waals surface area (Å²) >= 11 is 0. The fourth-order valence-corrected chi connectivity index (χ4v) is 3.82. The molecule has 0 heterocycles. The monoisotopic (exact) mass is 264 g/mol. The second kappa shape index (κ2) is 5.68. The van der Waals surface area contributed by atoms with Gasteiger partial charge in [0.25, 0.3) is 0 Å². The molecule has 0 amide bonds. The van der Waals surface area contributed by atoms with E-state index < -0.39 is 0 Å². The Morgan fingerprint density at radius 1 is 1.21 bits per heavy atom. The Balaban J connectivity index is 1.77. The summed E-state index contributed by atoms with van der Waals surface area (Å²) in [5.41, 5.74) is 0.135. The van der Waals surface area contributed by atoms with Crippen LogP contribution in [0.3, 0.4) is 0 Å². The number of hydrogen-bond acceptors (Lipinski definition) is 2. The van der Waals surface area contributed by atoms with Crippen LogP contribution in [0.2, 0.25) is 0 Å². The zero-order valence-electron chi connectivity index (χ0n) is 12.7. The van der Waals surface area contributed by atoms with Crippen molar-refractivity contribution in [3.63, 3.8) is 0 Å². The summed E-state index contributed by atoms with van der Waals surface area (Å²) in [6.07, 6.45) is 9.36. The van der Waals surface area contributed by atoms with Crippen LogP contribution in [0.25, 0.3) is 0 Å². The van der Waals surface area contributed by atoms with Gasteiger partial charge in [-0.1, -0.05) is 19.4 Å². The fraction of sp³-hybridized carbons (Fsp3) is 0.824. The minimum atomic E-state index is -0.355. The molecule has 108 valence electrons. The molecule has 2 saturated carbocycles. The van der Waals surface area contributed by atoms with E-state index in [1.165, 1.54) is 38.5 Å². The van der Waals surface area contributed by atoms with Crippen molar-refractivity contribution < 1.29 is 9.53 Å². The van der Waals surface area contributed by atoms with Crippen molar-refractivity contribution in [2.75, 3.05) is 0 Å². The largest absolute Gasteiger partial charge is 0.456 e. The first-order valence-corrected chi connectivity index (χ1v) is 7.74. The maximum atomic E-state index is 11.6. The van der Waals surface area contributed by atoms with Gasteiger partial charge in [-0.2, -0.15) is 0 Å². The van der Waals surface area contributed by atoms with Crippen LogP contribution in [0, 0.1) is 17.8 Å². The van der Waals surface area contributed by atoms with E-state index in [2.05, 4.69) is 6.58 Å². The topological polar surface area (TPSA) is 26.3 Å². The lowest BCUT2D eigenvalue weighted by atomic mass is 9.78. The third kappa shape index (κ3) is 4.09. The van der Waals surface area contributed by atoms with Crippen LogP contribution in [0.4, 0.5) is 0 Å². The van der Waals surface area contributed by atoms with Gasteiger partial charge in [0.2, 0.25) is 0 Å². The number of carbonyl (C=O) groups is 1. The van der Waals surface area contributed by atoms with E-state index in [1.54, 1.807) is 6.92 Å². The van der Waals surface area contributed by atoms with Crippen LogP contribution in [-0.2, 0) is 9.53 Å². The van der Waals surface area contributed by atoms with Crippen LogP contribution in [0.5, 0.6) is 0 Å². The highest BCUT2D eigenvalue weighted by Gasteiger charge is 2.35. The molecule has 0 aromatic heterocycles. The molecule has 0 aromatic rings. The maximum absolute atomic E-state index is 11.6. The average Bonchev–Trinajstić information content (AvgIpc) is 2.65. The zero-order chi connectivity index (χ0) is 14.0. The lowest BCUT2D eigenvalue weighted by Crippen LogP contribution is -2.29. The van der Waals surface area contributed by atoms with Gasteiger partial charge in [-0.25, -0.2) is 4.79 Å². The summed E-state index contributed by atoms with van der Waals surface area (Å²) in [6, 6.07) is 0. The van der Waals surface area contributed by atoms with Crippen LogP contribution >= 0.6 is 0 Å². The van der Waals surface area contributed by atoms with E-state index >= 15 is 0 Å². The van der Waals surface area contributed by atoms with Gasteiger partial charge in [0, 0.05) is 5.57 Å². The van der Waals surface area contributed by atoms with Gasteiger partial charge in [-0.3, -0.25) is 0 Å². The molecule has 2 heteroatoms. The molecule has 0 aromatic carbocycles. The van der Waals surface area contributed by atoms with Crippen molar-refractivity contribution in [3.05, 3.63) is 12.2 Å². The summed E-state index contributed by atoms with van der Waals surface area (Å²) in [5, 5.41) is 0. The SMILES string of the molecule is C=C(C)C(=O)OC(C)(C)CCC1CC2CCC(C2)C1. The van der Waals surface area contributed by atoms with E-state index in [-0.39, 0.29) is 11.6 Å². The van der Waals surface area contributed by atoms with Crippen molar-refractivity contribution in [1.29, 1.82) is 0 Å². The summed E-state index contributed by atoms with van der Waals surface area (Å²) in [6.45, 7) is 9.39. The van der Waals surface area contributed by atoms with Crippen molar-refractivity contribution in [1.82, 2.24) is 0 Å². The molecule has 19 heavy (non-hydrogen) atoms. The zero-order valence-corrected chi connectivity index (χ0v) is 12.7. The molecule has 2 unspecified atom stereocenters. The molecule has 0 N–H and O–H groups in total. The smallest absolute Gasteiger partial charge is 0.333 e. The van der Waals surface area contributed by atoms with Crippen molar-refractivity contribution in [2.45, 2.75) is 71.3 Å². The molecular formula is C17H28O2. The predicted molar refractivity (Wildman–Crippen MR) is 77.8 cm³/mol. The Kier molecular flexibility index (Phi) is 4.37. The number of ether oxygens (including phenoxy) is 1. The molecule has 0 saturated heterocycles. The number of esters is 1. The summed E-state index contributed by atoms with van der Waals surface area (Å²) < 4.78 is 5.52. The predicted octanol–water partition coefficient (Wildman–Crippen LogP) is 4.49. The normalized spacial score (nSPS) is 30.2. The second-order valence-corrected chi connectivity index (χ2v) is 7.35. The minimum Gasteiger partial charge on any atom is -0.456 e. The molecule has 2 nitrogen and oxygen atoms in total. The van der Waals surface area contributed by atoms with Crippen LogP contribution in [-0.4, -0.2) is 11.6 Å². The third-order valence-electron chi connectivity index (χ3n) is 4.86. The van der Waals surface area contributed by atoms with Gasteiger partial charge in [0.1, 0.15) is 5.60 Å². The molecule has 2 aliphatic carbocycles. The van der Waals surface area contributed by atoms with Gasteiger partial charge in [-0.15, -0.1) is 0 Å². The van der Waals surface area contributed by atoms with Gasteiger partial charge in [0.05, 0.1) is 0 Å². The first-order chi connectivity index (χ1) is 8.85. The van der Waals surface area contributed by atoms with Crippen LogP contribution < -0.4 is 0 Å². The van der Waals surface area contributed by atoms with Gasteiger partial charge in [-0.05, 0) is 70.6 Å². The van der Waals surface area contributed by atoms with E-state index in [9.17, 15) is 4.79 Å². The number of rotatable bonds is 5. The molecule has 2 atom stereocenters. The highest BCUT2D eigenvalue weighted by Crippen LogP contribution is 2.46.